The first-order valence-corrected chi connectivity index (χ1v) is 5.42. The molecule has 0 saturated heterocycles. The van der Waals surface area contributed by atoms with E-state index in [0.717, 1.165) is 17.9 Å². The van der Waals surface area contributed by atoms with Crippen LogP contribution in [0.15, 0.2) is 18.5 Å². The zero-order valence-electron chi connectivity index (χ0n) is 9.95. The van der Waals surface area contributed by atoms with Gasteiger partial charge >= 0.3 is 0 Å². The van der Waals surface area contributed by atoms with Gasteiger partial charge in [-0.3, -0.25) is 4.98 Å². The molecule has 1 N–H and O–H groups in total. The number of pyridine rings is 1. The number of rotatable bonds is 5. The molecule has 1 aromatic heterocycles. The maximum absolute atomic E-state index is 5.70. The maximum Gasteiger partial charge on any atom is 0.127 e. The minimum atomic E-state index is 0.199. The van der Waals surface area contributed by atoms with Gasteiger partial charge in [0.2, 0.25) is 0 Å². The summed E-state index contributed by atoms with van der Waals surface area (Å²) in [4.78, 5) is 4.11. The maximum atomic E-state index is 5.70. The Balaban J connectivity index is 2.68. The van der Waals surface area contributed by atoms with Gasteiger partial charge < -0.3 is 10.1 Å². The molecule has 3 heteroatoms. The molecule has 0 aliphatic heterocycles. The van der Waals surface area contributed by atoms with Crippen LogP contribution in [0.3, 0.4) is 0 Å². The van der Waals surface area contributed by atoms with Gasteiger partial charge in [0.05, 0.1) is 6.10 Å². The van der Waals surface area contributed by atoms with Crippen molar-refractivity contribution < 1.29 is 4.74 Å². The van der Waals surface area contributed by atoms with Gasteiger partial charge in [0, 0.05) is 30.5 Å². The van der Waals surface area contributed by atoms with Gasteiger partial charge in [-0.05, 0) is 19.9 Å². The molecule has 15 heavy (non-hydrogen) atoms. The van der Waals surface area contributed by atoms with E-state index >= 15 is 0 Å². The number of hydrogen-bond donors (Lipinski definition) is 1. The quantitative estimate of drug-likeness (QED) is 0.806. The third-order valence-corrected chi connectivity index (χ3v) is 1.92. The SMILES string of the molecule is CC(C)NCc1cnccc1OC(C)C. The van der Waals surface area contributed by atoms with Crippen LogP contribution in [-0.4, -0.2) is 17.1 Å². The van der Waals surface area contributed by atoms with Crippen LogP contribution in [0.2, 0.25) is 0 Å². The van der Waals surface area contributed by atoms with Crippen LogP contribution >= 0.6 is 0 Å². The Bertz CT molecular complexity index is 297. The van der Waals surface area contributed by atoms with Gasteiger partial charge in [0.25, 0.3) is 0 Å². The van der Waals surface area contributed by atoms with Gasteiger partial charge in [-0.1, -0.05) is 13.8 Å². The Morgan fingerprint density at radius 2 is 2.07 bits per heavy atom. The topological polar surface area (TPSA) is 34.2 Å². The van der Waals surface area contributed by atoms with Crippen LogP contribution in [0, 0.1) is 0 Å². The Hall–Kier alpha value is -1.09. The van der Waals surface area contributed by atoms with E-state index in [2.05, 4.69) is 24.1 Å². The second-order valence-corrected chi connectivity index (χ2v) is 4.19. The molecular formula is C12H20N2O. The lowest BCUT2D eigenvalue weighted by Gasteiger charge is -2.15. The molecule has 84 valence electrons. The summed E-state index contributed by atoms with van der Waals surface area (Å²) < 4.78 is 5.70. The highest BCUT2D eigenvalue weighted by Gasteiger charge is 2.05. The first-order chi connectivity index (χ1) is 7.09. The van der Waals surface area contributed by atoms with Crippen LogP contribution in [0.25, 0.3) is 0 Å². The molecule has 0 amide bonds. The fraction of sp³-hybridized carbons (Fsp3) is 0.583. The van der Waals surface area contributed by atoms with E-state index in [1.165, 1.54) is 0 Å². The summed E-state index contributed by atoms with van der Waals surface area (Å²) in [6.45, 7) is 9.10. The Labute approximate surface area is 91.9 Å². The molecule has 0 bridgehead atoms. The van der Waals surface area contributed by atoms with Crippen molar-refractivity contribution in [1.29, 1.82) is 0 Å². The van der Waals surface area contributed by atoms with Gasteiger partial charge in [-0.25, -0.2) is 0 Å². The van der Waals surface area contributed by atoms with Crippen molar-refractivity contribution in [2.75, 3.05) is 0 Å². The molecule has 0 atom stereocenters. The van der Waals surface area contributed by atoms with E-state index in [1.54, 1.807) is 6.20 Å². The van der Waals surface area contributed by atoms with Gasteiger partial charge in [-0.2, -0.15) is 0 Å². The van der Waals surface area contributed by atoms with E-state index in [1.807, 2.05) is 26.1 Å². The molecule has 1 heterocycles. The smallest absolute Gasteiger partial charge is 0.127 e. The monoisotopic (exact) mass is 208 g/mol. The predicted octanol–water partition coefficient (Wildman–Crippen LogP) is 2.37. The standard InChI is InChI=1S/C12H20N2O/c1-9(2)14-8-11-7-13-6-5-12(11)15-10(3)4/h5-7,9-10,14H,8H2,1-4H3. The highest BCUT2D eigenvalue weighted by Crippen LogP contribution is 2.17. The third-order valence-electron chi connectivity index (χ3n) is 1.92. The molecule has 0 spiro atoms. The number of ether oxygens (including phenoxy) is 1. The predicted molar refractivity (Wildman–Crippen MR) is 62.0 cm³/mol. The molecule has 0 radical (unpaired) electrons. The van der Waals surface area contributed by atoms with Gasteiger partial charge in [0.1, 0.15) is 5.75 Å². The lowest BCUT2D eigenvalue weighted by Crippen LogP contribution is -2.22. The highest BCUT2D eigenvalue weighted by molar-refractivity contribution is 5.30. The van der Waals surface area contributed by atoms with E-state index in [0.29, 0.717) is 6.04 Å². The molecule has 0 fully saturated rings. The van der Waals surface area contributed by atoms with Crippen LogP contribution in [0.1, 0.15) is 33.3 Å². The number of nitrogens with one attached hydrogen (secondary N) is 1. The summed E-state index contributed by atoms with van der Waals surface area (Å²) in [5, 5.41) is 3.36. The van der Waals surface area contributed by atoms with Crippen LogP contribution in [0.4, 0.5) is 0 Å². The lowest BCUT2D eigenvalue weighted by molar-refractivity contribution is 0.239. The summed E-state index contributed by atoms with van der Waals surface area (Å²) in [6.07, 6.45) is 3.81. The molecule has 0 saturated carbocycles. The van der Waals surface area contributed by atoms with Crippen LogP contribution in [-0.2, 0) is 6.54 Å². The van der Waals surface area contributed by atoms with Crippen molar-refractivity contribution in [3.05, 3.63) is 24.0 Å². The molecule has 0 aliphatic carbocycles. The Morgan fingerprint density at radius 1 is 1.33 bits per heavy atom. The van der Waals surface area contributed by atoms with Gasteiger partial charge in [0.15, 0.2) is 0 Å². The van der Waals surface area contributed by atoms with E-state index < -0.39 is 0 Å². The summed E-state index contributed by atoms with van der Waals surface area (Å²) >= 11 is 0. The normalized spacial score (nSPS) is 11.1. The highest BCUT2D eigenvalue weighted by atomic mass is 16.5. The summed E-state index contributed by atoms with van der Waals surface area (Å²) in [6, 6.07) is 2.38. The van der Waals surface area contributed by atoms with E-state index in [4.69, 9.17) is 4.74 Å². The molecule has 0 unspecified atom stereocenters. The van der Waals surface area contributed by atoms with E-state index in [9.17, 15) is 0 Å². The summed E-state index contributed by atoms with van der Waals surface area (Å²) in [7, 11) is 0. The van der Waals surface area contributed by atoms with Crippen LogP contribution < -0.4 is 10.1 Å². The van der Waals surface area contributed by atoms with Crippen molar-refractivity contribution in [1.82, 2.24) is 10.3 Å². The zero-order valence-corrected chi connectivity index (χ0v) is 9.95. The minimum Gasteiger partial charge on any atom is -0.491 e. The minimum absolute atomic E-state index is 0.199. The van der Waals surface area contributed by atoms with Crippen molar-refractivity contribution >= 4 is 0 Å². The zero-order chi connectivity index (χ0) is 11.3. The molecular weight excluding hydrogens is 188 g/mol. The number of nitrogens with zero attached hydrogens (tertiary/aromatic N) is 1. The van der Waals surface area contributed by atoms with Crippen LogP contribution in [0.5, 0.6) is 5.75 Å². The fourth-order valence-corrected chi connectivity index (χ4v) is 1.23. The Kier molecular flexibility index (Phi) is 4.56. The average Bonchev–Trinajstić information content (AvgIpc) is 2.15. The van der Waals surface area contributed by atoms with Crippen molar-refractivity contribution in [3.8, 4) is 5.75 Å². The lowest BCUT2D eigenvalue weighted by atomic mass is 10.2. The first-order valence-electron chi connectivity index (χ1n) is 5.42. The number of hydrogen-bond acceptors (Lipinski definition) is 3. The molecule has 1 rings (SSSR count). The molecule has 1 aromatic rings. The summed E-state index contributed by atoms with van der Waals surface area (Å²) in [5.74, 6) is 0.924. The van der Waals surface area contributed by atoms with Crippen molar-refractivity contribution in [2.24, 2.45) is 0 Å². The molecule has 3 nitrogen and oxygen atoms in total. The second kappa shape index (κ2) is 5.71. The number of aromatic nitrogens is 1. The fourth-order valence-electron chi connectivity index (χ4n) is 1.23. The van der Waals surface area contributed by atoms with Gasteiger partial charge in [-0.15, -0.1) is 0 Å². The summed E-state index contributed by atoms with van der Waals surface area (Å²) in [5.41, 5.74) is 1.11. The average molecular weight is 208 g/mol. The van der Waals surface area contributed by atoms with Crippen molar-refractivity contribution in [3.63, 3.8) is 0 Å². The Morgan fingerprint density at radius 3 is 2.67 bits per heavy atom. The largest absolute Gasteiger partial charge is 0.491 e. The second-order valence-electron chi connectivity index (χ2n) is 4.19. The third kappa shape index (κ3) is 4.30. The molecule has 0 aliphatic rings. The first kappa shape index (κ1) is 12.0. The van der Waals surface area contributed by atoms with E-state index in [-0.39, 0.29) is 6.10 Å². The molecule has 0 aromatic carbocycles. The van der Waals surface area contributed by atoms with Crippen molar-refractivity contribution in [2.45, 2.75) is 46.4 Å².